The van der Waals surface area contributed by atoms with Gasteiger partial charge in [-0.25, -0.2) is 4.98 Å². The van der Waals surface area contributed by atoms with E-state index in [0.29, 0.717) is 0 Å². The summed E-state index contributed by atoms with van der Waals surface area (Å²) in [6.45, 7) is 2.91. The van der Waals surface area contributed by atoms with Crippen molar-refractivity contribution in [3.05, 3.63) is 35.8 Å². The van der Waals surface area contributed by atoms with Gasteiger partial charge in [-0.1, -0.05) is 12.1 Å². The molecule has 0 unspecified atom stereocenters. The maximum absolute atomic E-state index is 4.72. The van der Waals surface area contributed by atoms with Gasteiger partial charge in [0.1, 0.15) is 5.82 Å². The molecule has 0 fully saturated rings. The van der Waals surface area contributed by atoms with Gasteiger partial charge in [-0.05, 0) is 32.4 Å². The Morgan fingerprint density at radius 2 is 1.94 bits per heavy atom. The monoisotopic (exact) mass is 261 g/mol. The van der Waals surface area contributed by atoms with Crippen molar-refractivity contribution in [1.29, 1.82) is 0 Å². The number of benzene rings is 1. The van der Waals surface area contributed by atoms with Crippen LogP contribution in [0.25, 0.3) is 11.3 Å². The van der Waals surface area contributed by atoms with Crippen molar-refractivity contribution in [2.24, 2.45) is 7.05 Å². The molecule has 0 aliphatic carbocycles. The summed E-state index contributed by atoms with van der Waals surface area (Å²) in [5.74, 6) is 1.07. The predicted octanol–water partition coefficient (Wildman–Crippen LogP) is 2.84. The molecule has 2 aromatic rings. The van der Waals surface area contributed by atoms with Crippen LogP contribution in [0.2, 0.25) is 0 Å². The second-order valence-electron chi connectivity index (χ2n) is 4.28. The Labute approximate surface area is 113 Å². The van der Waals surface area contributed by atoms with E-state index in [9.17, 15) is 0 Å². The third kappa shape index (κ3) is 2.44. The van der Waals surface area contributed by atoms with E-state index < -0.39 is 0 Å². The second-order valence-corrected chi connectivity index (χ2v) is 5.16. The Bertz CT molecular complexity index is 529. The Balaban J connectivity index is 2.40. The normalized spacial score (nSPS) is 10.9. The van der Waals surface area contributed by atoms with Crippen molar-refractivity contribution in [3.63, 3.8) is 0 Å². The predicted molar refractivity (Wildman–Crippen MR) is 77.9 cm³/mol. The molecular formula is C14H19N3S. The number of aromatic nitrogens is 2. The van der Waals surface area contributed by atoms with Gasteiger partial charge in [-0.2, -0.15) is 0 Å². The highest BCUT2D eigenvalue weighted by Gasteiger charge is 2.11. The van der Waals surface area contributed by atoms with Gasteiger partial charge in [0.25, 0.3) is 0 Å². The molecule has 2 rings (SSSR count). The number of nitrogens with one attached hydrogen (secondary N) is 1. The van der Waals surface area contributed by atoms with Crippen LogP contribution in [0.5, 0.6) is 0 Å². The zero-order chi connectivity index (χ0) is 13.1. The fourth-order valence-electron chi connectivity index (χ4n) is 1.98. The Kier molecular flexibility index (Phi) is 4.09. The molecule has 0 amide bonds. The van der Waals surface area contributed by atoms with E-state index in [-0.39, 0.29) is 0 Å². The second kappa shape index (κ2) is 5.59. The summed E-state index contributed by atoms with van der Waals surface area (Å²) in [5, 5.41) is 3.15. The molecule has 96 valence electrons. The minimum Gasteiger partial charge on any atom is -0.334 e. The molecule has 4 heteroatoms. The number of rotatable bonds is 4. The van der Waals surface area contributed by atoms with E-state index in [1.165, 1.54) is 16.2 Å². The van der Waals surface area contributed by atoms with Crippen molar-refractivity contribution < 1.29 is 0 Å². The lowest BCUT2D eigenvalue weighted by atomic mass is 10.1. The first kappa shape index (κ1) is 13.2. The van der Waals surface area contributed by atoms with Gasteiger partial charge in [0.2, 0.25) is 0 Å². The molecule has 0 saturated carbocycles. The van der Waals surface area contributed by atoms with E-state index in [1.807, 2.05) is 7.05 Å². The van der Waals surface area contributed by atoms with Crippen LogP contribution >= 0.6 is 11.8 Å². The van der Waals surface area contributed by atoms with Crippen LogP contribution in [0.1, 0.15) is 11.5 Å². The smallest absolute Gasteiger partial charge is 0.123 e. The lowest BCUT2D eigenvalue weighted by Crippen LogP contribution is -2.10. The summed E-state index contributed by atoms with van der Waals surface area (Å²) < 4.78 is 2.15. The fraction of sp³-hybridized carbons (Fsp3) is 0.357. The van der Waals surface area contributed by atoms with Gasteiger partial charge in [-0.15, -0.1) is 11.8 Å². The zero-order valence-corrected chi connectivity index (χ0v) is 12.1. The lowest BCUT2D eigenvalue weighted by molar-refractivity contribution is 0.701. The highest BCUT2D eigenvalue weighted by molar-refractivity contribution is 7.98. The van der Waals surface area contributed by atoms with Gasteiger partial charge in [0.05, 0.1) is 12.2 Å². The van der Waals surface area contributed by atoms with Gasteiger partial charge in [0, 0.05) is 23.2 Å². The summed E-state index contributed by atoms with van der Waals surface area (Å²) >= 11 is 1.76. The SMILES string of the molecule is CNCc1nc(-c2ccc(SC)cc2)c(C)n1C. The van der Waals surface area contributed by atoms with Gasteiger partial charge < -0.3 is 9.88 Å². The molecule has 1 aromatic heterocycles. The molecule has 0 radical (unpaired) electrons. The Morgan fingerprint density at radius 3 is 2.50 bits per heavy atom. The Morgan fingerprint density at radius 1 is 1.28 bits per heavy atom. The maximum Gasteiger partial charge on any atom is 0.123 e. The maximum atomic E-state index is 4.72. The first-order valence-electron chi connectivity index (χ1n) is 5.98. The number of hydrogen-bond acceptors (Lipinski definition) is 3. The quantitative estimate of drug-likeness (QED) is 0.858. The molecule has 0 aliphatic heterocycles. The number of nitrogens with zero attached hydrogens (tertiary/aromatic N) is 2. The van der Waals surface area contributed by atoms with Crippen molar-refractivity contribution in [2.75, 3.05) is 13.3 Å². The average Bonchev–Trinajstić information content (AvgIpc) is 2.68. The molecule has 0 aliphatic rings. The van der Waals surface area contributed by atoms with Crippen LogP contribution in [0.4, 0.5) is 0 Å². The molecule has 1 heterocycles. The minimum absolute atomic E-state index is 0.792. The largest absolute Gasteiger partial charge is 0.334 e. The van der Waals surface area contributed by atoms with E-state index in [4.69, 9.17) is 4.98 Å². The molecule has 0 spiro atoms. The molecule has 3 nitrogen and oxygen atoms in total. The number of thioether (sulfide) groups is 1. The molecule has 18 heavy (non-hydrogen) atoms. The van der Waals surface area contributed by atoms with E-state index in [2.05, 4.69) is 54.4 Å². The van der Waals surface area contributed by atoms with Gasteiger partial charge >= 0.3 is 0 Å². The van der Waals surface area contributed by atoms with Crippen LogP contribution in [0.15, 0.2) is 29.2 Å². The van der Waals surface area contributed by atoms with Crippen molar-refractivity contribution in [3.8, 4) is 11.3 Å². The summed E-state index contributed by atoms with van der Waals surface area (Å²) in [4.78, 5) is 6.00. The number of imidazole rings is 1. The van der Waals surface area contributed by atoms with Gasteiger partial charge in [0.15, 0.2) is 0 Å². The molecule has 0 bridgehead atoms. The summed E-state index contributed by atoms with van der Waals surface area (Å²) in [6, 6.07) is 8.58. The lowest BCUT2D eigenvalue weighted by Gasteiger charge is -2.02. The van der Waals surface area contributed by atoms with E-state index >= 15 is 0 Å². The van der Waals surface area contributed by atoms with Crippen molar-refractivity contribution in [2.45, 2.75) is 18.4 Å². The molecule has 1 aromatic carbocycles. The van der Waals surface area contributed by atoms with Crippen molar-refractivity contribution >= 4 is 11.8 Å². The van der Waals surface area contributed by atoms with E-state index in [1.54, 1.807) is 11.8 Å². The molecule has 0 saturated heterocycles. The van der Waals surface area contributed by atoms with Crippen molar-refractivity contribution in [1.82, 2.24) is 14.9 Å². The van der Waals surface area contributed by atoms with Crippen LogP contribution < -0.4 is 5.32 Å². The summed E-state index contributed by atoms with van der Waals surface area (Å²) in [6.07, 6.45) is 2.09. The van der Waals surface area contributed by atoms with Gasteiger partial charge in [-0.3, -0.25) is 0 Å². The molecule has 1 N–H and O–H groups in total. The standard InChI is InChI=1S/C14H19N3S/c1-10-14(16-13(9-15-2)17(10)3)11-5-7-12(18-4)8-6-11/h5-8,15H,9H2,1-4H3. The van der Waals surface area contributed by atoms with Crippen LogP contribution in [0, 0.1) is 6.92 Å². The average molecular weight is 261 g/mol. The third-order valence-corrected chi connectivity index (χ3v) is 3.92. The zero-order valence-electron chi connectivity index (χ0n) is 11.3. The van der Waals surface area contributed by atoms with E-state index in [0.717, 1.165) is 18.1 Å². The highest BCUT2D eigenvalue weighted by atomic mass is 32.2. The summed E-state index contributed by atoms with van der Waals surface area (Å²) in [5.41, 5.74) is 3.47. The summed E-state index contributed by atoms with van der Waals surface area (Å²) in [7, 11) is 4.01. The fourth-order valence-corrected chi connectivity index (χ4v) is 2.38. The first-order chi connectivity index (χ1) is 8.67. The third-order valence-electron chi connectivity index (χ3n) is 3.17. The molecular weight excluding hydrogens is 242 g/mol. The minimum atomic E-state index is 0.792. The highest BCUT2D eigenvalue weighted by Crippen LogP contribution is 2.25. The van der Waals surface area contributed by atoms with Crippen LogP contribution in [0.3, 0.4) is 0 Å². The number of hydrogen-bond donors (Lipinski definition) is 1. The van der Waals surface area contributed by atoms with Crippen LogP contribution in [-0.2, 0) is 13.6 Å². The molecule has 0 atom stereocenters. The Hall–Kier alpha value is -1.26. The van der Waals surface area contributed by atoms with Crippen LogP contribution in [-0.4, -0.2) is 22.9 Å². The first-order valence-corrected chi connectivity index (χ1v) is 7.21. The topological polar surface area (TPSA) is 29.9 Å².